The number of amides is 1. The van der Waals surface area contributed by atoms with E-state index in [0.29, 0.717) is 6.04 Å². The second-order valence-corrected chi connectivity index (χ2v) is 5.01. The van der Waals surface area contributed by atoms with Crippen LogP contribution in [0.5, 0.6) is 0 Å². The van der Waals surface area contributed by atoms with Crippen molar-refractivity contribution in [3.05, 3.63) is 29.8 Å². The van der Waals surface area contributed by atoms with Crippen LogP contribution in [0.1, 0.15) is 37.2 Å². The Bertz CT molecular complexity index is 424. The van der Waals surface area contributed by atoms with E-state index < -0.39 is 0 Å². The summed E-state index contributed by atoms with van der Waals surface area (Å²) >= 11 is 0. The summed E-state index contributed by atoms with van der Waals surface area (Å²) in [5, 5.41) is 6.49. The number of anilines is 1. The van der Waals surface area contributed by atoms with E-state index >= 15 is 0 Å². The second-order valence-electron chi connectivity index (χ2n) is 5.01. The van der Waals surface area contributed by atoms with Crippen molar-refractivity contribution in [3.8, 4) is 0 Å². The summed E-state index contributed by atoms with van der Waals surface area (Å²) in [6.45, 7) is 1.10. The third kappa shape index (κ3) is 2.07. The van der Waals surface area contributed by atoms with Crippen molar-refractivity contribution in [1.29, 1.82) is 0 Å². The zero-order valence-electron chi connectivity index (χ0n) is 9.91. The molecule has 0 aliphatic carbocycles. The number of piperidine rings is 1. The summed E-state index contributed by atoms with van der Waals surface area (Å²) in [6.07, 6.45) is 4.69. The maximum Gasteiger partial charge on any atom is 0.232 e. The second kappa shape index (κ2) is 4.49. The summed E-state index contributed by atoms with van der Waals surface area (Å²) < 4.78 is 0. The number of para-hydroxylation sites is 1. The molecule has 3 rings (SSSR count). The van der Waals surface area contributed by atoms with Crippen LogP contribution in [0.3, 0.4) is 0 Å². The van der Waals surface area contributed by atoms with Crippen LogP contribution < -0.4 is 10.6 Å². The Balaban J connectivity index is 1.76. The summed E-state index contributed by atoms with van der Waals surface area (Å²) in [6, 6.07) is 8.55. The highest BCUT2D eigenvalue weighted by molar-refractivity contribution is 6.02. The molecule has 90 valence electrons. The molecular weight excluding hydrogens is 212 g/mol. The van der Waals surface area contributed by atoms with E-state index in [2.05, 4.69) is 16.7 Å². The van der Waals surface area contributed by atoms with Gasteiger partial charge in [-0.15, -0.1) is 0 Å². The average Bonchev–Trinajstić information content (AvgIpc) is 2.68. The molecule has 0 spiro atoms. The lowest BCUT2D eigenvalue weighted by atomic mass is 9.90. The molecule has 2 N–H and O–H groups in total. The Morgan fingerprint density at radius 1 is 1.24 bits per heavy atom. The zero-order valence-corrected chi connectivity index (χ0v) is 9.91. The van der Waals surface area contributed by atoms with Gasteiger partial charge in [-0.1, -0.05) is 24.6 Å². The molecule has 3 heteroatoms. The lowest BCUT2D eigenvalue weighted by molar-refractivity contribution is -0.117. The van der Waals surface area contributed by atoms with Crippen LogP contribution in [0, 0.1) is 0 Å². The molecule has 2 aliphatic heterocycles. The highest BCUT2D eigenvalue weighted by atomic mass is 16.2. The Hall–Kier alpha value is -1.35. The van der Waals surface area contributed by atoms with Gasteiger partial charge < -0.3 is 10.6 Å². The fourth-order valence-corrected chi connectivity index (χ4v) is 2.92. The van der Waals surface area contributed by atoms with E-state index in [1.165, 1.54) is 24.8 Å². The van der Waals surface area contributed by atoms with Gasteiger partial charge in [0.2, 0.25) is 5.91 Å². The third-order valence-electron chi connectivity index (χ3n) is 3.84. The normalized spacial score (nSPS) is 27.6. The van der Waals surface area contributed by atoms with Crippen molar-refractivity contribution in [2.45, 2.75) is 37.6 Å². The minimum atomic E-state index is 0.0433. The number of hydrogen-bond acceptors (Lipinski definition) is 2. The van der Waals surface area contributed by atoms with Gasteiger partial charge in [-0.2, -0.15) is 0 Å². The number of hydrogen-bond donors (Lipinski definition) is 2. The van der Waals surface area contributed by atoms with Gasteiger partial charge in [-0.25, -0.2) is 0 Å². The van der Waals surface area contributed by atoms with E-state index in [1.54, 1.807) is 0 Å². The molecular formula is C14H18N2O. The number of carbonyl (C=O) groups is 1. The molecule has 0 bridgehead atoms. The fourth-order valence-electron chi connectivity index (χ4n) is 2.92. The van der Waals surface area contributed by atoms with Gasteiger partial charge in [0.1, 0.15) is 0 Å². The standard InChI is InChI=1S/C14H18N2O/c17-14-12(9-10-5-3-4-8-15-10)11-6-1-2-7-13(11)16-14/h1-2,6-7,10,12,15H,3-5,8-9H2,(H,16,17)/t10-,12-/m0/s1. The van der Waals surface area contributed by atoms with Crippen LogP contribution in [-0.4, -0.2) is 18.5 Å². The molecule has 0 saturated carbocycles. The molecule has 0 radical (unpaired) electrons. The maximum atomic E-state index is 12.0. The largest absolute Gasteiger partial charge is 0.325 e. The first-order valence-electron chi connectivity index (χ1n) is 6.48. The number of carbonyl (C=O) groups excluding carboxylic acids is 1. The predicted molar refractivity (Wildman–Crippen MR) is 68.1 cm³/mol. The molecule has 1 aromatic carbocycles. The van der Waals surface area contributed by atoms with E-state index in [4.69, 9.17) is 0 Å². The van der Waals surface area contributed by atoms with Crippen molar-refractivity contribution in [2.75, 3.05) is 11.9 Å². The quantitative estimate of drug-likeness (QED) is 0.818. The van der Waals surface area contributed by atoms with Crippen LogP contribution >= 0.6 is 0 Å². The zero-order chi connectivity index (χ0) is 11.7. The molecule has 17 heavy (non-hydrogen) atoms. The van der Waals surface area contributed by atoms with Gasteiger partial charge in [0.25, 0.3) is 0 Å². The molecule has 2 aliphatic rings. The van der Waals surface area contributed by atoms with Crippen molar-refractivity contribution in [2.24, 2.45) is 0 Å². The molecule has 1 amide bonds. The predicted octanol–water partition coefficient (Wildman–Crippen LogP) is 2.25. The van der Waals surface area contributed by atoms with Crippen molar-refractivity contribution >= 4 is 11.6 Å². The molecule has 0 unspecified atom stereocenters. The van der Waals surface area contributed by atoms with Crippen molar-refractivity contribution in [3.63, 3.8) is 0 Å². The molecule has 1 fully saturated rings. The first-order chi connectivity index (χ1) is 8.34. The van der Waals surface area contributed by atoms with Gasteiger partial charge in [-0.05, 0) is 37.4 Å². The maximum absolute atomic E-state index is 12.0. The number of rotatable bonds is 2. The van der Waals surface area contributed by atoms with Gasteiger partial charge in [-0.3, -0.25) is 4.79 Å². The highest BCUT2D eigenvalue weighted by Crippen LogP contribution is 2.35. The summed E-state index contributed by atoms with van der Waals surface area (Å²) in [7, 11) is 0. The Kier molecular flexibility index (Phi) is 2.85. The SMILES string of the molecule is O=C1Nc2ccccc2[C@@H]1C[C@@H]1CCCCN1. The van der Waals surface area contributed by atoms with Gasteiger partial charge >= 0.3 is 0 Å². The average molecular weight is 230 g/mol. The highest BCUT2D eigenvalue weighted by Gasteiger charge is 2.32. The summed E-state index contributed by atoms with van der Waals surface area (Å²) in [5.74, 6) is 0.209. The molecule has 2 atom stereocenters. The number of benzene rings is 1. The van der Waals surface area contributed by atoms with Crippen LogP contribution in [0.15, 0.2) is 24.3 Å². The van der Waals surface area contributed by atoms with Crippen LogP contribution in [0.2, 0.25) is 0 Å². The first-order valence-corrected chi connectivity index (χ1v) is 6.48. The monoisotopic (exact) mass is 230 g/mol. The molecule has 1 aromatic rings. The summed E-state index contributed by atoms with van der Waals surface area (Å²) in [4.78, 5) is 12.0. The Morgan fingerprint density at radius 3 is 2.94 bits per heavy atom. The van der Waals surface area contributed by atoms with Crippen molar-refractivity contribution in [1.82, 2.24) is 5.32 Å². The van der Waals surface area contributed by atoms with Gasteiger partial charge in [0, 0.05) is 11.7 Å². The van der Waals surface area contributed by atoms with E-state index in [9.17, 15) is 4.79 Å². The first kappa shape index (κ1) is 10.8. The van der Waals surface area contributed by atoms with Crippen LogP contribution in [-0.2, 0) is 4.79 Å². The van der Waals surface area contributed by atoms with Gasteiger partial charge in [0.05, 0.1) is 5.92 Å². The minimum Gasteiger partial charge on any atom is -0.325 e. The lowest BCUT2D eigenvalue weighted by Crippen LogP contribution is -2.36. The topological polar surface area (TPSA) is 41.1 Å². The minimum absolute atomic E-state index is 0.0433. The van der Waals surface area contributed by atoms with E-state index in [0.717, 1.165) is 18.7 Å². The van der Waals surface area contributed by atoms with Crippen molar-refractivity contribution < 1.29 is 4.79 Å². The molecule has 2 heterocycles. The van der Waals surface area contributed by atoms with Gasteiger partial charge in [0.15, 0.2) is 0 Å². The van der Waals surface area contributed by atoms with E-state index in [-0.39, 0.29) is 11.8 Å². The Morgan fingerprint density at radius 2 is 2.12 bits per heavy atom. The number of fused-ring (bicyclic) bond motifs is 1. The van der Waals surface area contributed by atoms with Crippen LogP contribution in [0.4, 0.5) is 5.69 Å². The van der Waals surface area contributed by atoms with E-state index in [1.807, 2.05) is 18.2 Å². The molecule has 3 nitrogen and oxygen atoms in total. The molecule has 0 aromatic heterocycles. The smallest absolute Gasteiger partial charge is 0.232 e. The Labute approximate surface area is 102 Å². The number of nitrogens with one attached hydrogen (secondary N) is 2. The fraction of sp³-hybridized carbons (Fsp3) is 0.500. The lowest BCUT2D eigenvalue weighted by Gasteiger charge is -2.25. The van der Waals surface area contributed by atoms with Crippen LogP contribution in [0.25, 0.3) is 0 Å². The molecule has 1 saturated heterocycles. The summed E-state index contributed by atoms with van der Waals surface area (Å²) in [5.41, 5.74) is 2.17. The third-order valence-corrected chi connectivity index (χ3v) is 3.84.